The van der Waals surface area contributed by atoms with Gasteiger partial charge in [-0.1, -0.05) is 41.9 Å². The smallest absolute Gasteiger partial charge is 0.264 e. The van der Waals surface area contributed by atoms with Gasteiger partial charge in [-0.15, -0.1) is 0 Å². The van der Waals surface area contributed by atoms with Gasteiger partial charge >= 0.3 is 0 Å². The second-order valence-corrected chi connectivity index (χ2v) is 8.50. The molecule has 0 spiro atoms. The quantitative estimate of drug-likeness (QED) is 0.339. The number of hydrogen-bond acceptors (Lipinski definition) is 5. The van der Waals surface area contributed by atoms with E-state index >= 15 is 0 Å². The molecule has 0 radical (unpaired) electrons. The van der Waals surface area contributed by atoms with Crippen molar-refractivity contribution < 1.29 is 0 Å². The van der Waals surface area contributed by atoms with Gasteiger partial charge in [-0.25, -0.2) is 9.97 Å². The average Bonchev–Trinajstić information content (AvgIpc) is 3.25. The number of anilines is 1. The summed E-state index contributed by atoms with van der Waals surface area (Å²) in [7, 11) is 0. The Labute approximate surface area is 195 Å². The van der Waals surface area contributed by atoms with E-state index in [-0.39, 0.29) is 17.6 Å². The Hall–Kier alpha value is -3.68. The van der Waals surface area contributed by atoms with Crippen LogP contribution in [0.25, 0.3) is 27.5 Å². The summed E-state index contributed by atoms with van der Waals surface area (Å²) in [6.45, 7) is 3.92. The van der Waals surface area contributed by atoms with Gasteiger partial charge in [0.25, 0.3) is 5.56 Å². The highest BCUT2D eigenvalue weighted by Crippen LogP contribution is 2.31. The van der Waals surface area contributed by atoms with Gasteiger partial charge < -0.3 is 16.0 Å². The van der Waals surface area contributed by atoms with Crippen LogP contribution in [0.5, 0.6) is 0 Å². The summed E-state index contributed by atoms with van der Waals surface area (Å²) in [4.78, 5) is 25.6. The number of halogens is 1. The van der Waals surface area contributed by atoms with Crippen LogP contribution in [0.15, 0.2) is 71.9 Å². The van der Waals surface area contributed by atoms with Crippen molar-refractivity contribution in [2.24, 2.45) is 5.73 Å². The molecule has 2 aromatic carbocycles. The maximum absolute atomic E-state index is 13.6. The zero-order chi connectivity index (χ0) is 23.1. The molecule has 0 aliphatic heterocycles. The van der Waals surface area contributed by atoms with Gasteiger partial charge in [0.15, 0.2) is 0 Å². The molecule has 0 aliphatic rings. The minimum absolute atomic E-state index is 0.168. The van der Waals surface area contributed by atoms with Crippen LogP contribution in [0, 0.1) is 0 Å². The maximum Gasteiger partial charge on any atom is 0.264 e. The van der Waals surface area contributed by atoms with E-state index < -0.39 is 0 Å². The van der Waals surface area contributed by atoms with Crippen molar-refractivity contribution in [2.75, 3.05) is 5.32 Å². The van der Waals surface area contributed by atoms with Gasteiger partial charge in [-0.2, -0.15) is 0 Å². The Morgan fingerprint density at radius 2 is 1.85 bits per heavy atom. The number of nitrogens with two attached hydrogens (primary N) is 1. The van der Waals surface area contributed by atoms with E-state index in [1.165, 1.54) is 6.33 Å². The second kappa shape index (κ2) is 8.35. The van der Waals surface area contributed by atoms with Crippen molar-refractivity contribution in [1.82, 2.24) is 19.5 Å². The summed E-state index contributed by atoms with van der Waals surface area (Å²) in [6, 6.07) is 16.6. The Morgan fingerprint density at radius 3 is 2.61 bits per heavy atom. The lowest BCUT2D eigenvalue weighted by atomic mass is 10.1. The minimum Gasteiger partial charge on any atom is -0.361 e. The molecule has 166 valence electrons. The molecule has 7 nitrogen and oxygen atoms in total. The zero-order valence-electron chi connectivity index (χ0n) is 18.2. The maximum atomic E-state index is 13.6. The number of aromatic nitrogens is 4. The summed E-state index contributed by atoms with van der Waals surface area (Å²) in [5.74, 6) is 0.652. The molecular formula is C25H23ClN6O. The Balaban J connectivity index is 1.70. The van der Waals surface area contributed by atoms with Crippen LogP contribution in [0.4, 0.5) is 5.82 Å². The molecule has 0 saturated carbocycles. The largest absolute Gasteiger partial charge is 0.361 e. The fourth-order valence-corrected chi connectivity index (χ4v) is 4.50. The fraction of sp³-hybridized carbons (Fsp3) is 0.160. The van der Waals surface area contributed by atoms with E-state index in [0.29, 0.717) is 21.9 Å². The molecule has 5 aromatic rings. The number of nitrogens with one attached hydrogen (secondary N) is 2. The number of pyridine rings is 1. The molecule has 5 rings (SSSR count). The lowest BCUT2D eigenvalue weighted by Gasteiger charge is -2.22. The van der Waals surface area contributed by atoms with Crippen LogP contribution in [-0.4, -0.2) is 19.5 Å². The second-order valence-electron chi connectivity index (χ2n) is 8.09. The molecule has 2 atom stereocenters. The summed E-state index contributed by atoms with van der Waals surface area (Å²) >= 11 is 6.42. The molecule has 3 aromatic heterocycles. The summed E-state index contributed by atoms with van der Waals surface area (Å²) < 4.78 is 1.70. The third-order valence-electron chi connectivity index (χ3n) is 5.83. The molecule has 4 N–H and O–H groups in total. The molecule has 33 heavy (non-hydrogen) atoms. The Bertz CT molecular complexity index is 1520. The number of nitrogens with zero attached hydrogens (tertiary/aromatic N) is 3. The van der Waals surface area contributed by atoms with Gasteiger partial charge in [-0.05, 0) is 49.1 Å². The lowest BCUT2D eigenvalue weighted by Crippen LogP contribution is -2.26. The number of hydrogen-bond donors (Lipinski definition) is 3. The standard InChI is InChI=1S/C25H23ClN6O/c1-14(27)18-12-28-23-22(18)24(30-13-29-23)31-15(2)20-11-16-7-6-10-19(26)21(16)25(33)32(20)17-8-4-3-5-9-17/h3-15H,27H2,1-2H3,(H2,28,29,30,31)/t14?,15-/m0/s1. The van der Waals surface area contributed by atoms with Crippen LogP contribution < -0.4 is 16.6 Å². The number of rotatable bonds is 5. The van der Waals surface area contributed by atoms with Crippen molar-refractivity contribution in [2.45, 2.75) is 25.9 Å². The highest BCUT2D eigenvalue weighted by molar-refractivity contribution is 6.35. The van der Waals surface area contributed by atoms with E-state index in [1.54, 1.807) is 10.6 Å². The Kier molecular flexibility index (Phi) is 5.36. The number of H-pyrrole nitrogens is 1. The van der Waals surface area contributed by atoms with Crippen LogP contribution in [0.3, 0.4) is 0 Å². The first kappa shape index (κ1) is 21.2. The first-order valence-electron chi connectivity index (χ1n) is 10.7. The number of para-hydroxylation sites is 1. The van der Waals surface area contributed by atoms with E-state index in [1.807, 2.05) is 68.6 Å². The molecule has 0 saturated heterocycles. The highest BCUT2D eigenvalue weighted by atomic mass is 35.5. The number of benzene rings is 2. The third-order valence-corrected chi connectivity index (χ3v) is 6.14. The lowest BCUT2D eigenvalue weighted by molar-refractivity contribution is 0.773. The fourth-order valence-electron chi connectivity index (χ4n) is 4.24. The predicted molar refractivity (Wildman–Crippen MR) is 133 cm³/mol. The van der Waals surface area contributed by atoms with Crippen molar-refractivity contribution in [1.29, 1.82) is 0 Å². The molecule has 0 fully saturated rings. The minimum atomic E-state index is -0.268. The highest BCUT2D eigenvalue weighted by Gasteiger charge is 2.20. The van der Waals surface area contributed by atoms with Gasteiger partial charge in [-0.3, -0.25) is 9.36 Å². The normalized spacial score (nSPS) is 13.3. The summed E-state index contributed by atoms with van der Waals surface area (Å²) in [6.07, 6.45) is 3.36. The van der Waals surface area contributed by atoms with E-state index in [9.17, 15) is 4.79 Å². The van der Waals surface area contributed by atoms with E-state index in [0.717, 1.165) is 27.7 Å². The van der Waals surface area contributed by atoms with E-state index in [2.05, 4.69) is 20.3 Å². The van der Waals surface area contributed by atoms with Crippen molar-refractivity contribution in [3.63, 3.8) is 0 Å². The van der Waals surface area contributed by atoms with Gasteiger partial charge in [0, 0.05) is 23.6 Å². The van der Waals surface area contributed by atoms with Crippen molar-refractivity contribution in [3.8, 4) is 5.69 Å². The monoisotopic (exact) mass is 458 g/mol. The van der Waals surface area contributed by atoms with Crippen molar-refractivity contribution >= 4 is 39.2 Å². The first-order valence-corrected chi connectivity index (χ1v) is 11.1. The van der Waals surface area contributed by atoms with Crippen LogP contribution >= 0.6 is 11.6 Å². The Morgan fingerprint density at radius 1 is 1.06 bits per heavy atom. The van der Waals surface area contributed by atoms with E-state index in [4.69, 9.17) is 17.3 Å². The van der Waals surface area contributed by atoms with Crippen LogP contribution in [-0.2, 0) is 0 Å². The molecule has 0 amide bonds. The molecule has 0 aliphatic carbocycles. The average molecular weight is 459 g/mol. The van der Waals surface area contributed by atoms with Crippen LogP contribution in [0.1, 0.15) is 37.2 Å². The zero-order valence-corrected chi connectivity index (χ0v) is 19.0. The third kappa shape index (κ3) is 3.65. The van der Waals surface area contributed by atoms with Gasteiger partial charge in [0.05, 0.1) is 21.8 Å². The SMILES string of the molecule is CC(N)c1c[nH]c2ncnc(N[C@@H](C)c3cc4cccc(Cl)c4c(=O)n3-c3ccccc3)c12. The summed E-state index contributed by atoms with van der Waals surface area (Å²) in [5.41, 5.74) is 9.18. The van der Waals surface area contributed by atoms with Crippen molar-refractivity contribution in [3.05, 3.63) is 93.8 Å². The number of fused-ring (bicyclic) bond motifs is 2. The molecule has 8 heteroatoms. The van der Waals surface area contributed by atoms with Gasteiger partial charge in [0.1, 0.15) is 17.8 Å². The molecule has 1 unspecified atom stereocenters. The summed E-state index contributed by atoms with van der Waals surface area (Å²) in [5, 5.41) is 6.04. The predicted octanol–water partition coefficient (Wildman–Crippen LogP) is 5.11. The molecule has 0 bridgehead atoms. The first-order chi connectivity index (χ1) is 16.0. The topological polar surface area (TPSA) is 102 Å². The molecule has 3 heterocycles. The van der Waals surface area contributed by atoms with Gasteiger partial charge in [0.2, 0.25) is 0 Å². The number of aromatic amines is 1. The molecular weight excluding hydrogens is 436 g/mol. The van der Waals surface area contributed by atoms with Crippen LogP contribution in [0.2, 0.25) is 5.02 Å².